The Labute approximate surface area is 127 Å². The van der Waals surface area contributed by atoms with Crippen LogP contribution in [0.5, 0.6) is 0 Å². The number of hydrogen-bond donors (Lipinski definition) is 1. The van der Waals surface area contributed by atoms with Crippen molar-refractivity contribution in [3.63, 3.8) is 0 Å². The third-order valence-electron chi connectivity index (χ3n) is 2.88. The average Bonchev–Trinajstić information content (AvgIpc) is 2.46. The van der Waals surface area contributed by atoms with Crippen LogP contribution >= 0.6 is 11.6 Å². The fraction of sp³-hybridized carbons (Fsp3) is 0.267. The molecule has 0 saturated carbocycles. The fourth-order valence-electron chi connectivity index (χ4n) is 1.82. The molecule has 0 unspecified atom stereocenters. The largest absolute Gasteiger partial charge is 0.324 e. The van der Waals surface area contributed by atoms with E-state index in [0.29, 0.717) is 16.8 Å². The van der Waals surface area contributed by atoms with Crippen molar-refractivity contribution in [3.05, 3.63) is 46.5 Å². The number of nitrogens with zero attached hydrogens (tertiary/aromatic N) is 3. The molecule has 2 aromatic rings. The van der Waals surface area contributed by atoms with Gasteiger partial charge in [-0.15, -0.1) is 0 Å². The SMILES string of the molecule is CCCCc1cc(Cl)nc(Nc2ccc(F)c(C#N)c2)n1. The molecule has 21 heavy (non-hydrogen) atoms. The monoisotopic (exact) mass is 304 g/mol. The Morgan fingerprint density at radius 2 is 2.14 bits per heavy atom. The Morgan fingerprint density at radius 1 is 1.33 bits per heavy atom. The summed E-state index contributed by atoms with van der Waals surface area (Å²) in [4.78, 5) is 8.44. The van der Waals surface area contributed by atoms with Crippen molar-refractivity contribution in [1.29, 1.82) is 5.26 Å². The smallest absolute Gasteiger partial charge is 0.228 e. The predicted octanol–water partition coefficient (Wildman–Crippen LogP) is 4.23. The molecule has 4 nitrogen and oxygen atoms in total. The Bertz CT molecular complexity index is 682. The van der Waals surface area contributed by atoms with Crippen molar-refractivity contribution in [2.75, 3.05) is 5.32 Å². The van der Waals surface area contributed by atoms with Crippen LogP contribution in [0.3, 0.4) is 0 Å². The number of aryl methyl sites for hydroxylation is 1. The second-order valence-corrected chi connectivity index (χ2v) is 4.93. The number of rotatable bonds is 5. The van der Waals surface area contributed by atoms with Gasteiger partial charge in [0.05, 0.1) is 5.56 Å². The van der Waals surface area contributed by atoms with Crippen molar-refractivity contribution in [2.45, 2.75) is 26.2 Å². The maximum atomic E-state index is 13.3. The van der Waals surface area contributed by atoms with Gasteiger partial charge in [0.1, 0.15) is 17.0 Å². The molecule has 1 aromatic heterocycles. The minimum Gasteiger partial charge on any atom is -0.324 e. The molecule has 0 aliphatic carbocycles. The molecule has 1 heterocycles. The van der Waals surface area contributed by atoms with E-state index in [-0.39, 0.29) is 5.56 Å². The highest BCUT2D eigenvalue weighted by Gasteiger charge is 2.06. The highest BCUT2D eigenvalue weighted by atomic mass is 35.5. The number of benzene rings is 1. The van der Waals surface area contributed by atoms with Gasteiger partial charge in [-0.05, 0) is 37.1 Å². The summed E-state index contributed by atoms with van der Waals surface area (Å²) in [6, 6.07) is 7.67. The van der Waals surface area contributed by atoms with Crippen LogP contribution in [0.15, 0.2) is 24.3 Å². The normalized spacial score (nSPS) is 10.2. The summed E-state index contributed by atoms with van der Waals surface area (Å²) in [6.45, 7) is 2.10. The number of unbranched alkanes of at least 4 members (excludes halogenated alkanes) is 1. The van der Waals surface area contributed by atoms with Gasteiger partial charge in [0.15, 0.2) is 0 Å². The third kappa shape index (κ3) is 4.14. The number of nitriles is 1. The molecule has 0 amide bonds. The molecule has 0 aliphatic heterocycles. The van der Waals surface area contributed by atoms with Gasteiger partial charge in [-0.3, -0.25) is 0 Å². The quantitative estimate of drug-likeness (QED) is 0.840. The summed E-state index contributed by atoms with van der Waals surface area (Å²) in [5, 5.41) is 12.1. The molecule has 0 aliphatic rings. The van der Waals surface area contributed by atoms with Crippen molar-refractivity contribution in [1.82, 2.24) is 9.97 Å². The second-order valence-electron chi connectivity index (χ2n) is 4.54. The summed E-state index contributed by atoms with van der Waals surface area (Å²) in [7, 11) is 0. The molecule has 1 N–H and O–H groups in total. The first-order chi connectivity index (χ1) is 10.1. The van der Waals surface area contributed by atoms with Crippen LogP contribution in [0.4, 0.5) is 16.0 Å². The van der Waals surface area contributed by atoms with Gasteiger partial charge in [0.2, 0.25) is 5.95 Å². The van der Waals surface area contributed by atoms with Crippen molar-refractivity contribution >= 4 is 23.2 Å². The predicted molar refractivity (Wildman–Crippen MR) is 80.1 cm³/mol. The van der Waals surface area contributed by atoms with E-state index in [2.05, 4.69) is 22.2 Å². The minimum absolute atomic E-state index is 0.0340. The van der Waals surface area contributed by atoms with E-state index >= 15 is 0 Å². The van der Waals surface area contributed by atoms with Crippen LogP contribution in [0.25, 0.3) is 0 Å². The molecule has 1 aromatic carbocycles. The molecule has 108 valence electrons. The topological polar surface area (TPSA) is 61.6 Å². The van der Waals surface area contributed by atoms with Crippen LogP contribution < -0.4 is 5.32 Å². The number of anilines is 2. The molecule has 0 fully saturated rings. The number of hydrogen-bond acceptors (Lipinski definition) is 4. The van der Waals surface area contributed by atoms with Crippen LogP contribution in [0.1, 0.15) is 31.0 Å². The fourth-order valence-corrected chi connectivity index (χ4v) is 2.03. The van der Waals surface area contributed by atoms with E-state index in [1.165, 1.54) is 18.2 Å². The summed E-state index contributed by atoms with van der Waals surface area (Å²) >= 11 is 5.98. The average molecular weight is 305 g/mol. The standard InChI is InChI=1S/C15H14ClFN4/c1-2-3-4-11-8-14(16)21-15(19-11)20-12-5-6-13(17)10(7-12)9-18/h5-8H,2-4H2,1H3,(H,19,20,21). The molecular formula is C15H14ClFN4. The first-order valence-corrected chi connectivity index (χ1v) is 7.00. The zero-order chi connectivity index (χ0) is 15.2. The van der Waals surface area contributed by atoms with E-state index in [1.807, 2.05) is 0 Å². The summed E-state index contributed by atoms with van der Waals surface area (Å²) in [5.41, 5.74) is 1.35. The van der Waals surface area contributed by atoms with Gasteiger partial charge in [-0.1, -0.05) is 24.9 Å². The highest BCUT2D eigenvalue weighted by Crippen LogP contribution is 2.19. The summed E-state index contributed by atoms with van der Waals surface area (Å²) < 4.78 is 13.3. The second kappa shape index (κ2) is 7.00. The molecule has 0 atom stereocenters. The summed E-state index contributed by atoms with van der Waals surface area (Å²) in [6.07, 6.45) is 2.90. The summed E-state index contributed by atoms with van der Waals surface area (Å²) in [5.74, 6) is -0.220. The lowest BCUT2D eigenvalue weighted by molar-refractivity contribution is 0.624. The third-order valence-corrected chi connectivity index (χ3v) is 3.07. The van der Waals surface area contributed by atoms with E-state index < -0.39 is 5.82 Å². The van der Waals surface area contributed by atoms with Gasteiger partial charge >= 0.3 is 0 Å². The number of aromatic nitrogens is 2. The van der Waals surface area contributed by atoms with E-state index in [9.17, 15) is 4.39 Å². The van der Waals surface area contributed by atoms with E-state index in [1.54, 1.807) is 12.1 Å². The van der Waals surface area contributed by atoms with E-state index in [4.69, 9.17) is 16.9 Å². The molecular weight excluding hydrogens is 291 g/mol. The Hall–Kier alpha value is -2.19. The van der Waals surface area contributed by atoms with Crippen LogP contribution in [-0.2, 0) is 6.42 Å². The molecule has 0 bridgehead atoms. The molecule has 0 saturated heterocycles. The van der Waals surface area contributed by atoms with Gasteiger partial charge in [0.25, 0.3) is 0 Å². The zero-order valence-corrected chi connectivity index (χ0v) is 12.3. The van der Waals surface area contributed by atoms with Crippen LogP contribution in [0.2, 0.25) is 5.15 Å². The first-order valence-electron chi connectivity index (χ1n) is 6.62. The van der Waals surface area contributed by atoms with Crippen molar-refractivity contribution in [3.8, 4) is 6.07 Å². The lowest BCUT2D eigenvalue weighted by atomic mass is 10.2. The Balaban J connectivity index is 2.23. The van der Waals surface area contributed by atoms with Crippen molar-refractivity contribution in [2.24, 2.45) is 0 Å². The molecule has 0 radical (unpaired) electrons. The van der Waals surface area contributed by atoms with Crippen molar-refractivity contribution < 1.29 is 4.39 Å². The maximum Gasteiger partial charge on any atom is 0.228 e. The number of nitrogens with one attached hydrogen (secondary N) is 1. The Kier molecular flexibility index (Phi) is 5.07. The molecule has 2 rings (SSSR count). The van der Waals surface area contributed by atoms with Crippen LogP contribution in [0, 0.1) is 17.1 Å². The van der Waals surface area contributed by atoms with Gasteiger partial charge in [-0.25, -0.2) is 14.4 Å². The highest BCUT2D eigenvalue weighted by molar-refractivity contribution is 6.29. The minimum atomic E-state index is -0.557. The number of halogens is 2. The first kappa shape index (κ1) is 15.2. The van der Waals surface area contributed by atoms with Gasteiger partial charge < -0.3 is 5.32 Å². The van der Waals surface area contributed by atoms with Gasteiger partial charge in [0, 0.05) is 11.4 Å². The zero-order valence-electron chi connectivity index (χ0n) is 11.5. The maximum absolute atomic E-state index is 13.3. The lowest BCUT2D eigenvalue weighted by Gasteiger charge is -2.08. The Morgan fingerprint density at radius 3 is 2.86 bits per heavy atom. The van der Waals surface area contributed by atoms with E-state index in [0.717, 1.165) is 25.0 Å². The molecule has 6 heteroatoms. The molecule has 0 spiro atoms. The van der Waals surface area contributed by atoms with Gasteiger partial charge in [-0.2, -0.15) is 5.26 Å². The van der Waals surface area contributed by atoms with Crippen LogP contribution in [-0.4, -0.2) is 9.97 Å². The lowest BCUT2D eigenvalue weighted by Crippen LogP contribution is -2.01.